The zero-order valence-corrected chi connectivity index (χ0v) is 15.8. The van der Waals surface area contributed by atoms with Gasteiger partial charge in [-0.05, 0) is 54.7 Å². The van der Waals surface area contributed by atoms with Gasteiger partial charge in [-0.15, -0.1) is 0 Å². The zero-order valence-electron chi connectivity index (χ0n) is 14.3. The van der Waals surface area contributed by atoms with Gasteiger partial charge in [0.15, 0.2) is 0 Å². The normalized spacial score (nSPS) is 34.0. The molecule has 1 saturated heterocycles. The summed E-state index contributed by atoms with van der Waals surface area (Å²) in [5.74, 6) is 0.420. The molecule has 0 spiro atoms. The summed E-state index contributed by atoms with van der Waals surface area (Å²) in [6.45, 7) is 5.05. The van der Waals surface area contributed by atoms with Crippen LogP contribution in [-0.2, 0) is 11.2 Å². The van der Waals surface area contributed by atoms with Crippen molar-refractivity contribution in [1.29, 1.82) is 0 Å². The topological polar surface area (TPSA) is 40.5 Å². The third kappa shape index (κ3) is 3.44. The van der Waals surface area contributed by atoms with E-state index in [2.05, 4.69) is 13.8 Å². The summed E-state index contributed by atoms with van der Waals surface area (Å²) in [7, 11) is 0. The van der Waals surface area contributed by atoms with Crippen LogP contribution in [0.2, 0.25) is 10.0 Å². The molecule has 1 aromatic rings. The number of aliphatic hydroxyl groups is 1. The Kier molecular flexibility index (Phi) is 5.15. The molecule has 0 radical (unpaired) electrons. The van der Waals surface area contributed by atoms with E-state index < -0.39 is 6.10 Å². The van der Waals surface area contributed by atoms with E-state index in [1.54, 1.807) is 6.07 Å². The van der Waals surface area contributed by atoms with Crippen molar-refractivity contribution < 1.29 is 9.90 Å². The Balaban J connectivity index is 1.83. The summed E-state index contributed by atoms with van der Waals surface area (Å²) in [5.41, 5.74) is 0.700. The lowest BCUT2D eigenvalue weighted by atomic mass is 9.64. The molecule has 4 atom stereocenters. The van der Waals surface area contributed by atoms with Gasteiger partial charge < -0.3 is 10.0 Å². The molecule has 3 rings (SSSR count). The molecule has 4 unspecified atom stereocenters. The van der Waals surface area contributed by atoms with Crippen LogP contribution >= 0.6 is 23.2 Å². The summed E-state index contributed by atoms with van der Waals surface area (Å²) in [5, 5.41) is 12.1. The van der Waals surface area contributed by atoms with Crippen LogP contribution in [0, 0.1) is 11.3 Å². The van der Waals surface area contributed by atoms with Crippen LogP contribution in [0.3, 0.4) is 0 Å². The molecule has 1 aliphatic heterocycles. The molecule has 132 valence electrons. The largest absolute Gasteiger partial charge is 0.392 e. The smallest absolute Gasteiger partial charge is 0.222 e. The lowest BCUT2D eigenvalue weighted by Crippen LogP contribution is -2.52. The Hall–Kier alpha value is -0.770. The number of likely N-dealkylation sites (tertiary alicyclic amines) is 1. The van der Waals surface area contributed by atoms with Crippen LogP contribution < -0.4 is 0 Å². The van der Waals surface area contributed by atoms with Gasteiger partial charge in [0.25, 0.3) is 0 Å². The van der Waals surface area contributed by atoms with E-state index in [9.17, 15) is 9.90 Å². The van der Waals surface area contributed by atoms with Gasteiger partial charge in [-0.3, -0.25) is 4.79 Å². The fraction of sp³-hybridized carbons (Fsp3) is 0.632. The Morgan fingerprint density at radius 1 is 1.38 bits per heavy atom. The van der Waals surface area contributed by atoms with Gasteiger partial charge in [-0.1, -0.05) is 43.1 Å². The maximum absolute atomic E-state index is 12.2. The van der Waals surface area contributed by atoms with Gasteiger partial charge in [-0.25, -0.2) is 0 Å². The van der Waals surface area contributed by atoms with Crippen LogP contribution in [0.15, 0.2) is 18.2 Å². The zero-order chi connectivity index (χ0) is 17.5. The van der Waals surface area contributed by atoms with Crippen LogP contribution in [0.25, 0.3) is 0 Å². The van der Waals surface area contributed by atoms with E-state index in [0.717, 1.165) is 31.4 Å². The van der Waals surface area contributed by atoms with Gasteiger partial charge in [0.2, 0.25) is 5.91 Å². The van der Waals surface area contributed by atoms with Crippen molar-refractivity contribution in [2.45, 2.75) is 58.1 Å². The monoisotopic (exact) mass is 369 g/mol. The number of hydrogen-bond donors (Lipinski definition) is 1. The molecular weight excluding hydrogens is 345 g/mol. The Bertz CT molecular complexity index is 636. The highest BCUT2D eigenvalue weighted by Crippen LogP contribution is 2.45. The highest BCUT2D eigenvalue weighted by molar-refractivity contribution is 6.35. The summed E-state index contributed by atoms with van der Waals surface area (Å²) >= 11 is 12.3. The number of nitrogens with zero attached hydrogens (tertiary/aromatic N) is 1. The quantitative estimate of drug-likeness (QED) is 0.861. The molecule has 2 fully saturated rings. The first-order chi connectivity index (χ1) is 11.3. The van der Waals surface area contributed by atoms with Gasteiger partial charge in [0, 0.05) is 29.1 Å². The number of benzene rings is 1. The lowest BCUT2D eigenvalue weighted by molar-refractivity contribution is -0.134. The third-order valence-corrected chi connectivity index (χ3v) is 6.35. The molecule has 0 aromatic heterocycles. The number of carbonyl (C=O) groups excluding carboxylic acids is 1. The summed E-state index contributed by atoms with van der Waals surface area (Å²) in [4.78, 5) is 14.2. The minimum absolute atomic E-state index is 0.160. The fourth-order valence-electron chi connectivity index (χ4n) is 4.56. The third-order valence-electron chi connectivity index (χ3n) is 5.76. The molecule has 0 bridgehead atoms. The number of hydrogen-bond acceptors (Lipinski definition) is 2. The standard InChI is InChI=1S/C19H25Cl2NO2/c1-12-8-15(22-7-3-4-17(22)23)11-19(2,18(12)24)10-13-5-6-14(20)9-16(13)21/h5-6,9,12,15,18,24H,3-4,7-8,10-11H2,1-2H3. The summed E-state index contributed by atoms with van der Waals surface area (Å²) < 4.78 is 0. The molecule has 24 heavy (non-hydrogen) atoms. The van der Waals surface area contributed by atoms with Crippen molar-refractivity contribution in [2.75, 3.05) is 6.54 Å². The van der Waals surface area contributed by atoms with Gasteiger partial charge in [0.1, 0.15) is 0 Å². The van der Waals surface area contributed by atoms with E-state index in [4.69, 9.17) is 23.2 Å². The number of amides is 1. The minimum Gasteiger partial charge on any atom is -0.392 e. The molecule has 2 aliphatic rings. The molecule has 1 amide bonds. The Morgan fingerprint density at radius 2 is 2.12 bits per heavy atom. The SMILES string of the molecule is CC1CC(N2CCCC2=O)CC(C)(Cc2ccc(Cl)cc2Cl)C1O. The van der Waals surface area contributed by atoms with E-state index in [-0.39, 0.29) is 23.3 Å². The van der Waals surface area contributed by atoms with E-state index in [0.29, 0.717) is 22.9 Å². The van der Waals surface area contributed by atoms with E-state index >= 15 is 0 Å². The summed E-state index contributed by atoms with van der Waals surface area (Å²) in [6.07, 6.45) is 3.57. The number of carbonyl (C=O) groups is 1. The van der Waals surface area contributed by atoms with Crippen molar-refractivity contribution >= 4 is 29.1 Å². The first-order valence-electron chi connectivity index (χ1n) is 8.71. The van der Waals surface area contributed by atoms with E-state index in [1.165, 1.54) is 0 Å². The van der Waals surface area contributed by atoms with Crippen molar-refractivity contribution in [3.05, 3.63) is 33.8 Å². The number of rotatable bonds is 3. The second-order valence-corrected chi connectivity index (χ2v) is 8.62. The van der Waals surface area contributed by atoms with E-state index in [1.807, 2.05) is 17.0 Å². The molecule has 5 heteroatoms. The minimum atomic E-state index is -0.404. The predicted octanol–water partition coefficient (Wildman–Crippen LogP) is 4.32. The molecule has 1 aromatic carbocycles. The molecular formula is C19H25Cl2NO2. The van der Waals surface area contributed by atoms with Crippen LogP contribution in [-0.4, -0.2) is 34.6 Å². The van der Waals surface area contributed by atoms with Crippen LogP contribution in [0.1, 0.15) is 45.1 Å². The number of halogens is 2. The molecule has 3 nitrogen and oxygen atoms in total. The first-order valence-corrected chi connectivity index (χ1v) is 9.47. The highest BCUT2D eigenvalue weighted by atomic mass is 35.5. The van der Waals surface area contributed by atoms with Crippen molar-refractivity contribution in [3.8, 4) is 0 Å². The van der Waals surface area contributed by atoms with Crippen LogP contribution in [0.4, 0.5) is 0 Å². The maximum atomic E-state index is 12.2. The molecule has 1 heterocycles. The van der Waals surface area contributed by atoms with Crippen molar-refractivity contribution in [2.24, 2.45) is 11.3 Å². The van der Waals surface area contributed by atoms with Crippen molar-refractivity contribution in [1.82, 2.24) is 4.90 Å². The Labute approximate surface area is 153 Å². The first kappa shape index (κ1) is 18.0. The van der Waals surface area contributed by atoms with Gasteiger partial charge >= 0.3 is 0 Å². The lowest BCUT2D eigenvalue weighted by Gasteiger charge is -2.48. The van der Waals surface area contributed by atoms with Gasteiger partial charge in [-0.2, -0.15) is 0 Å². The fourth-order valence-corrected chi connectivity index (χ4v) is 5.03. The Morgan fingerprint density at radius 3 is 2.75 bits per heavy atom. The predicted molar refractivity (Wildman–Crippen MR) is 97.4 cm³/mol. The summed E-state index contributed by atoms with van der Waals surface area (Å²) in [6, 6.07) is 5.75. The molecule has 1 N–H and O–H groups in total. The molecule has 1 aliphatic carbocycles. The van der Waals surface area contributed by atoms with Crippen molar-refractivity contribution in [3.63, 3.8) is 0 Å². The second-order valence-electron chi connectivity index (χ2n) is 7.77. The van der Waals surface area contributed by atoms with Gasteiger partial charge in [0.05, 0.1) is 6.10 Å². The average Bonchev–Trinajstić information content (AvgIpc) is 2.94. The number of aliphatic hydroxyl groups excluding tert-OH is 1. The average molecular weight is 370 g/mol. The maximum Gasteiger partial charge on any atom is 0.222 e. The highest BCUT2D eigenvalue weighted by Gasteiger charge is 2.46. The van der Waals surface area contributed by atoms with Crippen LogP contribution in [0.5, 0.6) is 0 Å². The molecule has 1 saturated carbocycles. The second kappa shape index (κ2) is 6.86.